The highest BCUT2D eigenvalue weighted by Crippen LogP contribution is 2.43. The number of carbonyl (C=O) groups is 3. The number of hydrogen-bond donors (Lipinski definition) is 2. The number of nitrogens with zero attached hydrogens (tertiary/aromatic N) is 2. The molecule has 0 saturated carbocycles. The molecule has 2 aromatic rings. The Morgan fingerprint density at radius 1 is 1.26 bits per heavy atom. The molecule has 10 nitrogen and oxygen atoms in total. The van der Waals surface area contributed by atoms with E-state index < -0.39 is 34.5 Å². The number of nitro groups is 1. The van der Waals surface area contributed by atoms with Gasteiger partial charge < -0.3 is 15.4 Å². The lowest BCUT2D eigenvalue weighted by Crippen LogP contribution is -2.44. The Balaban J connectivity index is 1.96. The van der Waals surface area contributed by atoms with Gasteiger partial charge in [-0.15, -0.1) is 0 Å². The van der Waals surface area contributed by atoms with Crippen LogP contribution in [0, 0.1) is 27.4 Å². The smallest absolute Gasteiger partial charge is 0.319 e. The molecule has 0 bridgehead atoms. The van der Waals surface area contributed by atoms with E-state index in [1.54, 1.807) is 24.3 Å². The average molecular weight is 545 g/mol. The number of nitriles is 1. The summed E-state index contributed by atoms with van der Waals surface area (Å²) in [5.74, 6) is -5.06. The summed E-state index contributed by atoms with van der Waals surface area (Å²) in [6.07, 6.45) is 0. The molecule has 0 fully saturated rings. The van der Waals surface area contributed by atoms with E-state index in [-0.39, 0.29) is 27.6 Å². The minimum absolute atomic E-state index is 0.0201. The second-order valence-electron chi connectivity index (χ2n) is 6.98. The molecule has 1 aliphatic heterocycles. The van der Waals surface area contributed by atoms with E-state index in [0.29, 0.717) is 5.69 Å². The zero-order chi connectivity index (χ0) is 24.8. The van der Waals surface area contributed by atoms with Gasteiger partial charge in [0.05, 0.1) is 40.4 Å². The summed E-state index contributed by atoms with van der Waals surface area (Å²) in [6, 6.07) is 14.4. The highest BCUT2D eigenvalue weighted by molar-refractivity contribution is 9.10. The van der Waals surface area contributed by atoms with Gasteiger partial charge in [-0.1, -0.05) is 45.9 Å². The fourth-order valence-electron chi connectivity index (χ4n) is 3.44. The fraction of sp³-hybridized carbons (Fsp3) is 0.182. The van der Waals surface area contributed by atoms with Crippen molar-refractivity contribution in [1.82, 2.24) is 5.32 Å². The highest BCUT2D eigenvalue weighted by atomic mass is 79.9. The first-order valence-corrected chi connectivity index (χ1v) is 11.5. The molecular formula is C22H17BrN4O6S. The fourth-order valence-corrected chi connectivity index (χ4v) is 4.55. The second-order valence-corrected chi connectivity index (χ2v) is 8.88. The number of thioether (sulfide) groups is 1. The number of benzene rings is 2. The zero-order valence-corrected chi connectivity index (χ0v) is 20.0. The number of ether oxygens (including phenoxy) is 1. The molecule has 2 aromatic carbocycles. The molecule has 0 saturated heterocycles. The van der Waals surface area contributed by atoms with Gasteiger partial charge in [-0.25, -0.2) is 0 Å². The van der Waals surface area contributed by atoms with Crippen LogP contribution < -0.4 is 10.6 Å². The predicted octanol–water partition coefficient (Wildman–Crippen LogP) is 3.47. The first-order chi connectivity index (χ1) is 16.3. The van der Waals surface area contributed by atoms with Crippen LogP contribution in [0.1, 0.15) is 11.5 Å². The lowest BCUT2D eigenvalue weighted by molar-refractivity contribution is -0.385. The van der Waals surface area contributed by atoms with Crippen LogP contribution in [0.15, 0.2) is 63.6 Å². The average Bonchev–Trinajstić information content (AvgIpc) is 2.83. The molecule has 2 amide bonds. The second kappa shape index (κ2) is 11.0. The van der Waals surface area contributed by atoms with E-state index in [1.165, 1.54) is 24.3 Å². The maximum absolute atomic E-state index is 12.9. The lowest BCUT2D eigenvalue weighted by atomic mass is 9.78. The van der Waals surface area contributed by atoms with E-state index in [9.17, 15) is 29.8 Å². The van der Waals surface area contributed by atoms with Gasteiger partial charge in [0.15, 0.2) is 0 Å². The Morgan fingerprint density at radius 3 is 2.56 bits per heavy atom. The van der Waals surface area contributed by atoms with Crippen molar-refractivity contribution in [2.24, 2.45) is 5.92 Å². The Kier molecular flexibility index (Phi) is 8.04. The standard InChI is InChI=1S/C22H17BrN4O6S/c1-33-22(30)19-18(14-4-2-3-5-16(14)27(31)32)15(10-24)21(26-20(19)29)34-11-17(28)25-13-8-6-12(23)7-9-13/h2-9,18-19H,11H2,1H3,(H,25,28)(H,26,29)/t18-,19+/m1/s1. The van der Waals surface area contributed by atoms with E-state index in [2.05, 4.69) is 26.6 Å². The van der Waals surface area contributed by atoms with E-state index in [4.69, 9.17) is 4.74 Å². The van der Waals surface area contributed by atoms with Crippen molar-refractivity contribution >= 4 is 56.9 Å². The van der Waals surface area contributed by atoms with Crippen LogP contribution in [0.2, 0.25) is 0 Å². The summed E-state index contributed by atoms with van der Waals surface area (Å²) in [5, 5.41) is 26.7. The number of rotatable bonds is 7. The minimum Gasteiger partial charge on any atom is -0.468 e. The molecule has 3 rings (SSSR count). The van der Waals surface area contributed by atoms with Gasteiger partial charge in [-0.3, -0.25) is 24.5 Å². The molecule has 2 N–H and O–H groups in total. The van der Waals surface area contributed by atoms with Gasteiger partial charge in [-0.05, 0) is 24.3 Å². The molecule has 0 radical (unpaired) electrons. The molecule has 0 aromatic heterocycles. The third-order valence-corrected chi connectivity index (χ3v) is 6.47. The van der Waals surface area contributed by atoms with Crippen LogP contribution in [0.5, 0.6) is 0 Å². The number of para-hydroxylation sites is 1. The third kappa shape index (κ3) is 5.44. The summed E-state index contributed by atoms with van der Waals surface area (Å²) < 4.78 is 5.58. The van der Waals surface area contributed by atoms with Crippen LogP contribution in [-0.4, -0.2) is 35.6 Å². The SMILES string of the molecule is COC(=O)[C@@H]1C(=O)NC(SCC(=O)Nc2ccc(Br)cc2)=C(C#N)[C@H]1c1ccccc1[N+](=O)[O-]. The number of anilines is 1. The number of nitrogens with one attached hydrogen (secondary N) is 2. The third-order valence-electron chi connectivity index (χ3n) is 4.93. The lowest BCUT2D eigenvalue weighted by Gasteiger charge is -2.30. The molecule has 0 unspecified atom stereocenters. The number of esters is 1. The molecule has 12 heteroatoms. The quantitative estimate of drug-likeness (QED) is 0.232. The zero-order valence-electron chi connectivity index (χ0n) is 17.6. The van der Waals surface area contributed by atoms with E-state index >= 15 is 0 Å². The van der Waals surface area contributed by atoms with Gasteiger partial charge in [0.1, 0.15) is 5.92 Å². The maximum Gasteiger partial charge on any atom is 0.319 e. The number of halogens is 1. The number of nitro benzene ring substituents is 1. The van der Waals surface area contributed by atoms with Gasteiger partial charge in [0.2, 0.25) is 11.8 Å². The monoisotopic (exact) mass is 544 g/mol. The largest absolute Gasteiger partial charge is 0.468 e. The van der Waals surface area contributed by atoms with Crippen molar-refractivity contribution in [3.63, 3.8) is 0 Å². The van der Waals surface area contributed by atoms with Crippen molar-refractivity contribution in [1.29, 1.82) is 5.26 Å². The van der Waals surface area contributed by atoms with Gasteiger partial charge in [0.25, 0.3) is 5.69 Å². The molecule has 0 aliphatic carbocycles. The van der Waals surface area contributed by atoms with Crippen LogP contribution in [-0.2, 0) is 19.1 Å². The van der Waals surface area contributed by atoms with Crippen LogP contribution in [0.25, 0.3) is 0 Å². The Morgan fingerprint density at radius 2 is 1.94 bits per heavy atom. The van der Waals surface area contributed by atoms with E-state index in [0.717, 1.165) is 23.3 Å². The van der Waals surface area contributed by atoms with Crippen molar-refractivity contribution in [2.75, 3.05) is 18.2 Å². The molecule has 1 aliphatic rings. The topological polar surface area (TPSA) is 151 Å². The first-order valence-electron chi connectivity index (χ1n) is 9.71. The molecule has 34 heavy (non-hydrogen) atoms. The first kappa shape index (κ1) is 24.9. The Labute approximate surface area is 206 Å². The van der Waals surface area contributed by atoms with E-state index in [1.807, 2.05) is 6.07 Å². The Bertz CT molecular complexity index is 1220. The van der Waals surface area contributed by atoms with Crippen molar-refractivity contribution < 1.29 is 24.0 Å². The molecule has 2 atom stereocenters. The van der Waals surface area contributed by atoms with Crippen LogP contribution >= 0.6 is 27.7 Å². The predicted molar refractivity (Wildman–Crippen MR) is 127 cm³/mol. The summed E-state index contributed by atoms with van der Waals surface area (Å²) in [5.41, 5.74) is 0.151. The van der Waals surface area contributed by atoms with Crippen molar-refractivity contribution in [3.05, 3.63) is 79.3 Å². The highest BCUT2D eigenvalue weighted by Gasteiger charge is 2.46. The normalized spacial score (nSPS) is 17.4. The van der Waals surface area contributed by atoms with Gasteiger partial charge in [-0.2, -0.15) is 5.26 Å². The van der Waals surface area contributed by atoms with Crippen molar-refractivity contribution in [3.8, 4) is 6.07 Å². The maximum atomic E-state index is 12.9. The number of allylic oxidation sites excluding steroid dienone is 1. The number of methoxy groups -OCH3 is 1. The molecule has 0 spiro atoms. The molecular weight excluding hydrogens is 528 g/mol. The summed E-state index contributed by atoms with van der Waals surface area (Å²) >= 11 is 4.18. The van der Waals surface area contributed by atoms with Gasteiger partial charge in [0, 0.05) is 21.8 Å². The minimum atomic E-state index is -1.51. The Hall–Kier alpha value is -3.69. The van der Waals surface area contributed by atoms with Crippen LogP contribution in [0.4, 0.5) is 11.4 Å². The number of carbonyl (C=O) groups excluding carboxylic acids is 3. The van der Waals surface area contributed by atoms with Crippen LogP contribution in [0.3, 0.4) is 0 Å². The summed E-state index contributed by atoms with van der Waals surface area (Å²) in [4.78, 5) is 48.7. The van der Waals surface area contributed by atoms with Crippen molar-refractivity contribution in [2.45, 2.75) is 5.92 Å². The summed E-state index contributed by atoms with van der Waals surface area (Å²) in [6.45, 7) is 0. The number of hydrogen-bond acceptors (Lipinski definition) is 8. The summed E-state index contributed by atoms with van der Waals surface area (Å²) in [7, 11) is 1.08. The van der Waals surface area contributed by atoms with Gasteiger partial charge >= 0.3 is 5.97 Å². The number of amides is 2. The molecule has 174 valence electrons. The molecule has 1 heterocycles.